The third kappa shape index (κ3) is 2.10. The summed E-state index contributed by atoms with van der Waals surface area (Å²) < 4.78 is -1.29. The molecule has 1 heterocycles. The summed E-state index contributed by atoms with van der Waals surface area (Å²) in [4.78, 5) is 16.6. The van der Waals surface area contributed by atoms with E-state index in [-0.39, 0.29) is 5.91 Å². The minimum absolute atomic E-state index is 0.299. The Balaban J connectivity index is 1.76. The zero-order valence-electron chi connectivity index (χ0n) is 11.2. The van der Waals surface area contributed by atoms with Crippen LogP contribution >= 0.6 is 11.8 Å². The van der Waals surface area contributed by atoms with E-state index in [9.17, 15) is 15.0 Å². The van der Waals surface area contributed by atoms with Crippen LogP contribution in [0.4, 0.5) is 0 Å². The van der Waals surface area contributed by atoms with Crippen LogP contribution < -0.4 is 5.32 Å². The lowest BCUT2D eigenvalue weighted by molar-refractivity contribution is -0.174. The molecule has 3 N–H and O–H groups in total. The topological polar surface area (TPSA) is 81.9 Å². The SMILES string of the molecule is CC(O)(O)[C@]1(C)SC(=N[C@H]2C[C@@H]3CC[C@H]2C3)NC1=O. The number of nitrogens with zero attached hydrogens (tertiary/aromatic N) is 1. The summed E-state index contributed by atoms with van der Waals surface area (Å²) in [5.41, 5.74) is 0. The molecule has 5 nitrogen and oxygen atoms in total. The van der Waals surface area contributed by atoms with E-state index in [1.54, 1.807) is 0 Å². The Labute approximate surface area is 116 Å². The van der Waals surface area contributed by atoms with Crippen LogP contribution in [-0.4, -0.2) is 37.9 Å². The van der Waals surface area contributed by atoms with Gasteiger partial charge in [0.25, 0.3) is 0 Å². The minimum Gasteiger partial charge on any atom is -0.364 e. The molecule has 3 aliphatic rings. The predicted octanol–water partition coefficient (Wildman–Crippen LogP) is 0.853. The zero-order valence-corrected chi connectivity index (χ0v) is 12.0. The number of carbonyl (C=O) groups is 1. The van der Waals surface area contributed by atoms with Crippen molar-refractivity contribution in [3.05, 3.63) is 0 Å². The number of amides is 1. The van der Waals surface area contributed by atoms with Crippen molar-refractivity contribution in [1.82, 2.24) is 5.32 Å². The van der Waals surface area contributed by atoms with Crippen molar-refractivity contribution >= 4 is 22.8 Å². The van der Waals surface area contributed by atoms with E-state index in [1.807, 2.05) is 0 Å². The first-order valence-corrected chi connectivity index (χ1v) is 7.64. The smallest absolute Gasteiger partial charge is 0.247 e. The van der Waals surface area contributed by atoms with Gasteiger partial charge in [0.05, 0.1) is 6.04 Å². The first kappa shape index (κ1) is 13.4. The van der Waals surface area contributed by atoms with Crippen LogP contribution in [0.2, 0.25) is 0 Å². The van der Waals surface area contributed by atoms with Gasteiger partial charge in [-0.25, -0.2) is 0 Å². The van der Waals surface area contributed by atoms with E-state index in [2.05, 4.69) is 10.3 Å². The summed E-state index contributed by atoms with van der Waals surface area (Å²) in [5, 5.41) is 22.7. The van der Waals surface area contributed by atoms with Crippen molar-refractivity contribution in [3.8, 4) is 0 Å². The standard InChI is InChI=1S/C13H20N2O3S/c1-12(13(2,17)18)10(16)15-11(19-12)14-9-6-7-3-4-8(9)5-7/h7-9,17-18H,3-6H2,1-2H3,(H,14,15,16)/t7-,8+,9+,12-/m1/s1. The van der Waals surface area contributed by atoms with E-state index >= 15 is 0 Å². The van der Waals surface area contributed by atoms with Gasteiger partial charge >= 0.3 is 0 Å². The molecule has 0 radical (unpaired) electrons. The lowest BCUT2D eigenvalue weighted by atomic mass is 9.96. The van der Waals surface area contributed by atoms with E-state index in [4.69, 9.17) is 0 Å². The van der Waals surface area contributed by atoms with Gasteiger partial charge < -0.3 is 15.5 Å². The fourth-order valence-corrected chi connectivity index (χ4v) is 4.43. The average Bonchev–Trinajstić information content (AvgIpc) is 2.94. The maximum Gasteiger partial charge on any atom is 0.247 e. The molecule has 6 heteroatoms. The highest BCUT2D eigenvalue weighted by molar-refractivity contribution is 8.16. The van der Waals surface area contributed by atoms with Crippen molar-refractivity contribution < 1.29 is 15.0 Å². The number of nitrogens with one attached hydrogen (secondary N) is 1. The molecule has 19 heavy (non-hydrogen) atoms. The quantitative estimate of drug-likeness (QED) is 0.657. The zero-order chi connectivity index (χ0) is 13.8. The number of carbonyl (C=O) groups excluding carboxylic acids is 1. The Morgan fingerprint density at radius 2 is 2.16 bits per heavy atom. The van der Waals surface area contributed by atoms with Crippen molar-refractivity contribution in [3.63, 3.8) is 0 Å². The van der Waals surface area contributed by atoms with Crippen LogP contribution in [0.15, 0.2) is 4.99 Å². The van der Waals surface area contributed by atoms with Gasteiger partial charge in [0.15, 0.2) is 15.7 Å². The number of hydrogen-bond acceptors (Lipinski definition) is 5. The van der Waals surface area contributed by atoms with Gasteiger partial charge in [-0.2, -0.15) is 0 Å². The predicted molar refractivity (Wildman–Crippen MR) is 73.7 cm³/mol. The largest absolute Gasteiger partial charge is 0.364 e. The molecule has 2 bridgehead atoms. The summed E-state index contributed by atoms with van der Waals surface area (Å²) in [6, 6.07) is 0.299. The molecule has 4 atom stereocenters. The summed E-state index contributed by atoms with van der Waals surface area (Å²) in [5.74, 6) is -0.995. The molecule has 2 aliphatic carbocycles. The van der Waals surface area contributed by atoms with Crippen LogP contribution in [0.3, 0.4) is 0 Å². The van der Waals surface area contributed by atoms with Gasteiger partial charge in [-0.3, -0.25) is 9.79 Å². The summed E-state index contributed by atoms with van der Waals surface area (Å²) in [6.45, 7) is 2.77. The fourth-order valence-electron chi connectivity index (χ4n) is 3.37. The van der Waals surface area contributed by atoms with E-state index in [0.717, 1.165) is 24.1 Å². The van der Waals surface area contributed by atoms with Gasteiger partial charge in [0.1, 0.15) is 0 Å². The molecule has 2 saturated carbocycles. The lowest BCUT2D eigenvalue weighted by Gasteiger charge is -2.30. The van der Waals surface area contributed by atoms with Crippen molar-refractivity contribution in [2.75, 3.05) is 0 Å². The maximum absolute atomic E-state index is 12.0. The molecule has 3 rings (SSSR count). The second-order valence-electron chi connectivity index (χ2n) is 6.29. The van der Waals surface area contributed by atoms with Crippen LogP contribution in [-0.2, 0) is 4.79 Å². The molecule has 0 spiro atoms. The molecule has 0 aromatic rings. The molecule has 0 unspecified atom stereocenters. The maximum atomic E-state index is 12.0. The highest BCUT2D eigenvalue weighted by Gasteiger charge is 2.55. The van der Waals surface area contributed by atoms with Gasteiger partial charge in [-0.05, 0) is 44.9 Å². The second-order valence-corrected chi connectivity index (χ2v) is 7.69. The monoisotopic (exact) mass is 284 g/mol. The summed E-state index contributed by atoms with van der Waals surface area (Å²) >= 11 is 1.13. The Bertz CT molecular complexity index is 446. The Morgan fingerprint density at radius 3 is 2.63 bits per heavy atom. The fraction of sp³-hybridized carbons (Fsp3) is 0.846. The Hall–Kier alpha value is -0.590. The molecule has 1 saturated heterocycles. The number of amidine groups is 1. The first-order chi connectivity index (χ1) is 8.79. The normalized spacial score (nSPS) is 44.1. The molecule has 0 aromatic heterocycles. The second kappa shape index (κ2) is 4.20. The van der Waals surface area contributed by atoms with Crippen LogP contribution in [0.25, 0.3) is 0 Å². The number of thioether (sulfide) groups is 1. The van der Waals surface area contributed by atoms with E-state index < -0.39 is 10.5 Å². The highest BCUT2D eigenvalue weighted by atomic mass is 32.2. The van der Waals surface area contributed by atoms with Gasteiger partial charge in [-0.15, -0.1) is 0 Å². The minimum atomic E-state index is -2.06. The molecule has 0 aromatic carbocycles. The molecule has 1 amide bonds. The Kier molecular flexibility index (Phi) is 2.96. The van der Waals surface area contributed by atoms with Gasteiger partial charge in [0.2, 0.25) is 5.91 Å². The highest BCUT2D eigenvalue weighted by Crippen LogP contribution is 2.47. The number of aliphatic hydroxyl groups is 2. The van der Waals surface area contributed by atoms with Gasteiger partial charge in [-0.1, -0.05) is 18.2 Å². The lowest BCUT2D eigenvalue weighted by Crippen LogP contribution is -2.52. The number of fused-ring (bicyclic) bond motifs is 2. The Morgan fingerprint density at radius 1 is 1.42 bits per heavy atom. The molecular formula is C13H20N2O3S. The van der Waals surface area contributed by atoms with Crippen molar-refractivity contribution in [1.29, 1.82) is 0 Å². The third-order valence-corrected chi connectivity index (χ3v) is 6.22. The van der Waals surface area contributed by atoms with Crippen LogP contribution in [0.1, 0.15) is 39.5 Å². The molecule has 3 fully saturated rings. The van der Waals surface area contributed by atoms with Crippen LogP contribution in [0.5, 0.6) is 0 Å². The van der Waals surface area contributed by atoms with Gasteiger partial charge in [0, 0.05) is 0 Å². The van der Waals surface area contributed by atoms with E-state index in [0.29, 0.717) is 17.1 Å². The molecular weight excluding hydrogens is 264 g/mol. The third-order valence-electron chi connectivity index (χ3n) is 4.84. The number of rotatable bonds is 2. The molecule has 106 valence electrons. The first-order valence-electron chi connectivity index (χ1n) is 6.82. The van der Waals surface area contributed by atoms with E-state index in [1.165, 1.54) is 33.1 Å². The summed E-state index contributed by atoms with van der Waals surface area (Å²) in [6.07, 6.45) is 4.92. The average molecular weight is 284 g/mol. The van der Waals surface area contributed by atoms with Crippen LogP contribution in [0, 0.1) is 11.8 Å². The summed E-state index contributed by atoms with van der Waals surface area (Å²) in [7, 11) is 0. The molecule has 1 aliphatic heterocycles. The number of hydrogen-bond donors (Lipinski definition) is 3. The number of aliphatic imine (C=N–C) groups is 1. The van der Waals surface area contributed by atoms with Crippen molar-refractivity contribution in [2.45, 2.75) is 56.1 Å². The van der Waals surface area contributed by atoms with Crippen molar-refractivity contribution in [2.24, 2.45) is 16.8 Å².